The van der Waals surface area contributed by atoms with Crippen LogP contribution in [0, 0.1) is 13.8 Å². The van der Waals surface area contributed by atoms with E-state index in [9.17, 15) is 13.2 Å². The number of ether oxygens (including phenoxy) is 1. The fourth-order valence-electron chi connectivity index (χ4n) is 5.52. The van der Waals surface area contributed by atoms with Crippen molar-refractivity contribution >= 4 is 48.3 Å². The van der Waals surface area contributed by atoms with Crippen LogP contribution in [-0.4, -0.2) is 45.1 Å². The molecule has 0 spiro atoms. The fourth-order valence-corrected chi connectivity index (χ4v) is 8.21. The quantitative estimate of drug-likeness (QED) is 0.294. The summed E-state index contributed by atoms with van der Waals surface area (Å²) in [4.78, 5) is 20.6. The van der Waals surface area contributed by atoms with E-state index in [4.69, 9.17) is 9.72 Å². The summed E-state index contributed by atoms with van der Waals surface area (Å²) in [6, 6.07) is 18.1. The number of sulfonamides is 1. The first kappa shape index (κ1) is 26.0. The average molecular weight is 562 g/mol. The maximum absolute atomic E-state index is 13.9. The standard InChI is InChI=1S/C30H31N3O4S2/c1-20-17-21(2)28-27(18-20)38-30(31-28)32(19-24-9-6-16-37-24)29(34)23-11-13-25(14-12-23)39(35,36)33-15-5-8-22-7-3-4-10-26(22)33/h3-4,7,10-14,17-18,24H,5-6,8-9,15-16,19H2,1-2H3. The van der Waals surface area contributed by atoms with Crippen molar-refractivity contribution < 1.29 is 17.9 Å². The zero-order chi connectivity index (χ0) is 27.1. The van der Waals surface area contributed by atoms with E-state index in [0.717, 1.165) is 58.3 Å². The highest BCUT2D eigenvalue weighted by Crippen LogP contribution is 2.34. The molecule has 6 rings (SSSR count). The summed E-state index contributed by atoms with van der Waals surface area (Å²) in [5, 5.41) is 0.626. The Morgan fingerprint density at radius 3 is 2.67 bits per heavy atom. The zero-order valence-electron chi connectivity index (χ0n) is 22.1. The maximum atomic E-state index is 13.9. The van der Waals surface area contributed by atoms with Gasteiger partial charge < -0.3 is 4.74 Å². The summed E-state index contributed by atoms with van der Waals surface area (Å²) in [5.41, 5.74) is 5.30. The number of fused-ring (bicyclic) bond motifs is 2. The molecule has 1 atom stereocenters. The predicted octanol–water partition coefficient (Wildman–Crippen LogP) is 5.88. The fraction of sp³-hybridized carbons (Fsp3) is 0.333. The molecule has 1 unspecified atom stereocenters. The Hall–Kier alpha value is -3.27. The molecule has 0 bridgehead atoms. The van der Waals surface area contributed by atoms with Gasteiger partial charge in [0.15, 0.2) is 5.13 Å². The number of aromatic nitrogens is 1. The molecule has 1 saturated heterocycles. The minimum absolute atomic E-state index is 0.0531. The summed E-state index contributed by atoms with van der Waals surface area (Å²) in [7, 11) is -3.76. The van der Waals surface area contributed by atoms with Gasteiger partial charge in [0.25, 0.3) is 15.9 Å². The van der Waals surface area contributed by atoms with Crippen LogP contribution < -0.4 is 9.21 Å². The van der Waals surface area contributed by atoms with Crippen LogP contribution >= 0.6 is 11.3 Å². The molecule has 2 aliphatic rings. The number of carbonyl (C=O) groups is 1. The molecule has 1 aromatic heterocycles. The number of rotatable bonds is 6. The lowest BCUT2D eigenvalue weighted by molar-refractivity contribution is 0.0917. The van der Waals surface area contributed by atoms with E-state index in [0.29, 0.717) is 30.4 Å². The Balaban J connectivity index is 1.31. The smallest absolute Gasteiger partial charge is 0.264 e. The van der Waals surface area contributed by atoms with Crippen molar-refractivity contribution in [2.45, 2.75) is 50.5 Å². The number of amides is 1. The molecule has 2 aliphatic heterocycles. The van der Waals surface area contributed by atoms with E-state index in [1.165, 1.54) is 27.8 Å². The van der Waals surface area contributed by atoms with Crippen LogP contribution in [0.15, 0.2) is 65.6 Å². The van der Waals surface area contributed by atoms with Gasteiger partial charge >= 0.3 is 0 Å². The summed E-state index contributed by atoms with van der Waals surface area (Å²) < 4.78 is 35.5. The van der Waals surface area contributed by atoms with Gasteiger partial charge in [-0.1, -0.05) is 35.6 Å². The summed E-state index contributed by atoms with van der Waals surface area (Å²) in [6.07, 6.45) is 3.44. The lowest BCUT2D eigenvalue weighted by Crippen LogP contribution is -2.37. The number of nitrogens with zero attached hydrogens (tertiary/aromatic N) is 3. The Kier molecular flexibility index (Phi) is 6.91. The second-order valence-electron chi connectivity index (χ2n) is 10.3. The highest BCUT2D eigenvalue weighted by atomic mass is 32.2. The van der Waals surface area contributed by atoms with E-state index in [1.54, 1.807) is 17.0 Å². The molecule has 0 radical (unpaired) electrons. The van der Waals surface area contributed by atoms with Gasteiger partial charge in [-0.25, -0.2) is 13.4 Å². The average Bonchev–Trinajstić information content (AvgIpc) is 3.61. The minimum atomic E-state index is -3.76. The molecule has 3 aromatic carbocycles. The van der Waals surface area contributed by atoms with Crippen LogP contribution in [0.25, 0.3) is 10.2 Å². The molecule has 1 fully saturated rings. The molecule has 3 heterocycles. The third-order valence-corrected chi connectivity index (χ3v) is 10.3. The first-order valence-corrected chi connectivity index (χ1v) is 15.6. The number of aryl methyl sites for hydroxylation is 3. The number of carbonyl (C=O) groups excluding carboxylic acids is 1. The SMILES string of the molecule is Cc1cc(C)c2nc(N(CC3CCCO3)C(=O)c3ccc(S(=O)(=O)N4CCCc5ccccc54)cc3)sc2c1. The molecule has 0 saturated carbocycles. The van der Waals surface area contributed by atoms with E-state index in [1.807, 2.05) is 31.2 Å². The van der Waals surface area contributed by atoms with Gasteiger partial charge in [0.2, 0.25) is 0 Å². The van der Waals surface area contributed by atoms with Crippen LogP contribution in [0.4, 0.5) is 10.8 Å². The molecule has 39 heavy (non-hydrogen) atoms. The van der Waals surface area contributed by atoms with Gasteiger partial charge in [0.1, 0.15) is 0 Å². The molecular weight excluding hydrogens is 530 g/mol. The van der Waals surface area contributed by atoms with Gasteiger partial charge in [0.05, 0.1) is 33.4 Å². The van der Waals surface area contributed by atoms with Crippen molar-refractivity contribution in [3.05, 3.63) is 82.9 Å². The summed E-state index contributed by atoms with van der Waals surface area (Å²) in [5.74, 6) is -0.216. The van der Waals surface area contributed by atoms with Gasteiger partial charge in [-0.05, 0) is 92.6 Å². The number of anilines is 2. The van der Waals surface area contributed by atoms with Crippen molar-refractivity contribution in [3.8, 4) is 0 Å². The molecule has 7 nitrogen and oxygen atoms in total. The number of thiazole rings is 1. The monoisotopic (exact) mass is 561 g/mol. The van der Waals surface area contributed by atoms with Gasteiger partial charge in [0, 0.05) is 18.7 Å². The molecule has 202 valence electrons. The number of hydrogen-bond donors (Lipinski definition) is 0. The summed E-state index contributed by atoms with van der Waals surface area (Å²) in [6.45, 7) is 5.62. The zero-order valence-corrected chi connectivity index (χ0v) is 23.7. The molecule has 0 aliphatic carbocycles. The highest BCUT2D eigenvalue weighted by Gasteiger charge is 2.30. The number of hydrogen-bond acceptors (Lipinski definition) is 6. The third-order valence-electron chi connectivity index (χ3n) is 7.46. The number of benzene rings is 3. The Morgan fingerprint density at radius 1 is 1.10 bits per heavy atom. The first-order valence-electron chi connectivity index (χ1n) is 13.3. The highest BCUT2D eigenvalue weighted by molar-refractivity contribution is 7.92. The van der Waals surface area contributed by atoms with E-state index in [-0.39, 0.29) is 16.9 Å². The topological polar surface area (TPSA) is 79.8 Å². The van der Waals surface area contributed by atoms with E-state index in [2.05, 4.69) is 19.1 Å². The minimum Gasteiger partial charge on any atom is -0.376 e. The lowest BCUT2D eigenvalue weighted by atomic mass is 10.0. The maximum Gasteiger partial charge on any atom is 0.264 e. The van der Waals surface area contributed by atoms with Crippen molar-refractivity contribution in [1.29, 1.82) is 0 Å². The van der Waals surface area contributed by atoms with Crippen LogP contribution in [0.1, 0.15) is 46.3 Å². The first-order chi connectivity index (χ1) is 18.8. The molecule has 0 N–H and O–H groups in total. The van der Waals surface area contributed by atoms with Gasteiger partial charge in [-0.3, -0.25) is 14.0 Å². The van der Waals surface area contributed by atoms with Gasteiger partial charge in [-0.2, -0.15) is 0 Å². The van der Waals surface area contributed by atoms with E-state index < -0.39 is 10.0 Å². The van der Waals surface area contributed by atoms with Crippen LogP contribution in [0.2, 0.25) is 0 Å². The second kappa shape index (κ2) is 10.4. The van der Waals surface area contributed by atoms with E-state index >= 15 is 0 Å². The van der Waals surface area contributed by atoms with Crippen LogP contribution in [0.3, 0.4) is 0 Å². The molecule has 4 aromatic rings. The van der Waals surface area contributed by atoms with Crippen molar-refractivity contribution in [3.63, 3.8) is 0 Å². The Morgan fingerprint density at radius 2 is 1.90 bits per heavy atom. The van der Waals surface area contributed by atoms with Crippen LogP contribution in [-0.2, 0) is 21.2 Å². The van der Waals surface area contributed by atoms with Crippen molar-refractivity contribution in [2.75, 3.05) is 28.9 Å². The third kappa shape index (κ3) is 4.95. The molecule has 1 amide bonds. The molecule has 9 heteroatoms. The van der Waals surface area contributed by atoms with Crippen LogP contribution in [0.5, 0.6) is 0 Å². The normalized spacial score (nSPS) is 17.4. The molecular formula is C30H31N3O4S2. The summed E-state index contributed by atoms with van der Waals surface area (Å²) >= 11 is 1.50. The number of para-hydroxylation sites is 1. The van der Waals surface area contributed by atoms with Gasteiger partial charge in [-0.15, -0.1) is 0 Å². The lowest BCUT2D eigenvalue weighted by Gasteiger charge is -2.30. The Bertz CT molecular complexity index is 1640. The predicted molar refractivity (Wildman–Crippen MR) is 155 cm³/mol. The Labute approximate surface area is 233 Å². The second-order valence-corrected chi connectivity index (χ2v) is 13.2. The largest absolute Gasteiger partial charge is 0.376 e. The van der Waals surface area contributed by atoms with Crippen molar-refractivity contribution in [1.82, 2.24) is 4.98 Å². The van der Waals surface area contributed by atoms with Crippen molar-refractivity contribution in [2.24, 2.45) is 0 Å².